The van der Waals surface area contributed by atoms with Gasteiger partial charge in [-0.3, -0.25) is 14.4 Å². The van der Waals surface area contributed by atoms with Crippen molar-refractivity contribution in [2.24, 2.45) is 28.6 Å². The molecule has 0 saturated heterocycles. The molecular formula is C24H34O6. The Morgan fingerprint density at radius 3 is 2.40 bits per heavy atom. The Morgan fingerprint density at radius 2 is 1.80 bits per heavy atom. The molecule has 6 heteroatoms. The van der Waals surface area contributed by atoms with E-state index in [1.165, 1.54) is 13.8 Å². The topological polar surface area (TPSA) is 101 Å². The second kappa shape index (κ2) is 6.49. The fourth-order valence-corrected chi connectivity index (χ4v) is 8.19. The van der Waals surface area contributed by atoms with Gasteiger partial charge in [0.05, 0.1) is 11.7 Å². The minimum atomic E-state index is -1.24. The van der Waals surface area contributed by atoms with Gasteiger partial charge in [-0.15, -0.1) is 0 Å². The Kier molecular flexibility index (Phi) is 4.69. The number of fused-ring (bicyclic) bond motifs is 5. The second-order valence-corrected chi connectivity index (χ2v) is 10.9. The number of ether oxygens (including phenoxy) is 1. The van der Waals surface area contributed by atoms with E-state index in [4.69, 9.17) is 4.74 Å². The van der Waals surface area contributed by atoms with Crippen LogP contribution in [0.25, 0.3) is 0 Å². The van der Waals surface area contributed by atoms with Gasteiger partial charge in [0.15, 0.2) is 17.2 Å². The Balaban J connectivity index is 1.82. The molecule has 3 saturated carbocycles. The highest BCUT2D eigenvalue weighted by atomic mass is 16.6. The molecule has 166 valence electrons. The first-order chi connectivity index (χ1) is 13.8. The van der Waals surface area contributed by atoms with Crippen molar-refractivity contribution in [3.63, 3.8) is 0 Å². The van der Waals surface area contributed by atoms with Gasteiger partial charge in [-0.2, -0.15) is 0 Å². The molecule has 4 rings (SSSR count). The van der Waals surface area contributed by atoms with Crippen LogP contribution in [0.3, 0.4) is 0 Å². The summed E-state index contributed by atoms with van der Waals surface area (Å²) < 4.78 is 5.74. The zero-order valence-electron chi connectivity index (χ0n) is 18.7. The Bertz CT molecular complexity index is 843. The first-order valence-electron chi connectivity index (χ1n) is 11.1. The molecule has 4 aliphatic carbocycles. The SMILES string of the molecule is CC(=O)O[C@]1(C(C)=O)CC[C@H]2[C@@H]3C[C@@](C)(O)C4=CC(=O)CC[C@]4(C)[C@H]3[C@@H](O)C[C@@]21C. The van der Waals surface area contributed by atoms with E-state index >= 15 is 0 Å². The molecule has 0 heterocycles. The monoisotopic (exact) mass is 418 g/mol. The third-order valence-electron chi connectivity index (χ3n) is 9.22. The maximum absolute atomic E-state index is 12.8. The van der Waals surface area contributed by atoms with Crippen LogP contribution >= 0.6 is 0 Å². The van der Waals surface area contributed by atoms with Crippen molar-refractivity contribution in [2.45, 2.75) is 90.4 Å². The maximum atomic E-state index is 12.8. The number of aliphatic hydroxyl groups is 2. The minimum Gasteiger partial charge on any atom is -0.451 e. The highest BCUT2D eigenvalue weighted by molar-refractivity contribution is 5.92. The second-order valence-electron chi connectivity index (χ2n) is 10.9. The van der Waals surface area contributed by atoms with Crippen LogP contribution in [0.15, 0.2) is 11.6 Å². The first kappa shape index (κ1) is 21.7. The van der Waals surface area contributed by atoms with Crippen LogP contribution < -0.4 is 0 Å². The van der Waals surface area contributed by atoms with Crippen LogP contribution in [0.1, 0.15) is 73.1 Å². The maximum Gasteiger partial charge on any atom is 0.303 e. The zero-order chi connectivity index (χ0) is 22.3. The molecule has 6 nitrogen and oxygen atoms in total. The van der Waals surface area contributed by atoms with E-state index in [0.29, 0.717) is 38.5 Å². The molecule has 0 aliphatic heterocycles. The summed E-state index contributed by atoms with van der Waals surface area (Å²) in [4.78, 5) is 36.9. The lowest BCUT2D eigenvalue weighted by molar-refractivity contribution is -0.205. The summed E-state index contributed by atoms with van der Waals surface area (Å²) in [6, 6.07) is 0. The van der Waals surface area contributed by atoms with Crippen molar-refractivity contribution in [2.75, 3.05) is 0 Å². The molecule has 30 heavy (non-hydrogen) atoms. The Morgan fingerprint density at radius 1 is 1.13 bits per heavy atom. The number of hydrogen-bond donors (Lipinski definition) is 2. The minimum absolute atomic E-state index is 0.0270. The lowest BCUT2D eigenvalue weighted by Crippen LogP contribution is -2.65. The van der Waals surface area contributed by atoms with Gasteiger partial charge in [0.1, 0.15) is 0 Å². The van der Waals surface area contributed by atoms with Gasteiger partial charge in [-0.25, -0.2) is 0 Å². The molecule has 0 aromatic heterocycles. The van der Waals surface area contributed by atoms with E-state index in [2.05, 4.69) is 6.92 Å². The number of hydrogen-bond acceptors (Lipinski definition) is 6. The van der Waals surface area contributed by atoms with Crippen molar-refractivity contribution >= 4 is 17.5 Å². The fraction of sp³-hybridized carbons (Fsp3) is 0.792. The van der Waals surface area contributed by atoms with Crippen LogP contribution in [0.5, 0.6) is 0 Å². The van der Waals surface area contributed by atoms with Crippen LogP contribution in [0.4, 0.5) is 0 Å². The molecule has 4 aliphatic rings. The smallest absolute Gasteiger partial charge is 0.303 e. The van der Waals surface area contributed by atoms with Gasteiger partial charge in [0.25, 0.3) is 0 Å². The van der Waals surface area contributed by atoms with Gasteiger partial charge in [0.2, 0.25) is 0 Å². The van der Waals surface area contributed by atoms with Gasteiger partial charge < -0.3 is 14.9 Å². The van der Waals surface area contributed by atoms with Gasteiger partial charge in [0, 0.05) is 18.8 Å². The molecular weight excluding hydrogens is 384 g/mol. The van der Waals surface area contributed by atoms with E-state index < -0.39 is 34.1 Å². The molecule has 2 N–H and O–H groups in total. The quantitative estimate of drug-likeness (QED) is 0.669. The van der Waals surface area contributed by atoms with Gasteiger partial charge >= 0.3 is 5.97 Å². The molecule has 0 aromatic carbocycles. The highest BCUT2D eigenvalue weighted by Gasteiger charge is 2.71. The standard InChI is InChI=1S/C24H34O6/c1-13(25)24(30-14(2)26)9-7-17-16-11-23(5,29)19-10-15(27)6-8-21(19,3)20(16)18(28)12-22(17,24)4/h10,16-18,20,28-29H,6-9,11-12H2,1-5H3/t16-,17-,18-,20+,21-,22-,23+,24-/m0/s1. The van der Waals surface area contributed by atoms with E-state index in [-0.39, 0.29) is 29.3 Å². The predicted molar refractivity (Wildman–Crippen MR) is 109 cm³/mol. The number of carbonyl (C=O) groups is 3. The largest absolute Gasteiger partial charge is 0.451 e. The molecule has 0 aromatic rings. The van der Waals surface area contributed by atoms with Crippen molar-refractivity contribution in [1.29, 1.82) is 0 Å². The molecule has 8 atom stereocenters. The highest BCUT2D eigenvalue weighted by Crippen LogP contribution is 2.69. The van der Waals surface area contributed by atoms with Crippen LogP contribution in [0, 0.1) is 28.6 Å². The average molecular weight is 419 g/mol. The molecule has 0 unspecified atom stereocenters. The summed E-state index contributed by atoms with van der Waals surface area (Å²) in [5.41, 5.74) is -2.80. The molecule has 0 radical (unpaired) electrons. The summed E-state index contributed by atoms with van der Waals surface area (Å²) in [6.45, 7) is 8.61. The summed E-state index contributed by atoms with van der Waals surface area (Å²) in [5, 5.41) is 22.9. The normalized spacial score (nSPS) is 50.1. The third-order valence-corrected chi connectivity index (χ3v) is 9.22. The van der Waals surface area contributed by atoms with E-state index in [1.54, 1.807) is 13.0 Å². The average Bonchev–Trinajstić information content (AvgIpc) is 2.88. The summed E-state index contributed by atoms with van der Waals surface area (Å²) in [5.74, 6) is -0.719. The van der Waals surface area contributed by atoms with E-state index in [9.17, 15) is 24.6 Å². The van der Waals surface area contributed by atoms with E-state index in [0.717, 1.165) is 5.57 Å². The first-order valence-corrected chi connectivity index (χ1v) is 11.1. The Labute approximate surface area is 178 Å². The van der Waals surface area contributed by atoms with Crippen LogP contribution in [0.2, 0.25) is 0 Å². The van der Waals surface area contributed by atoms with Crippen LogP contribution in [-0.4, -0.2) is 45.1 Å². The molecule has 0 bridgehead atoms. The Hall–Kier alpha value is -1.53. The number of Topliss-reactive ketones (excluding diaryl/α,β-unsaturated/α-hetero) is 1. The number of rotatable bonds is 2. The molecule has 0 spiro atoms. The van der Waals surface area contributed by atoms with Crippen molar-refractivity contribution in [1.82, 2.24) is 0 Å². The van der Waals surface area contributed by atoms with Gasteiger partial charge in [-0.1, -0.05) is 13.8 Å². The lowest BCUT2D eigenvalue weighted by atomic mass is 9.43. The molecule has 3 fully saturated rings. The van der Waals surface area contributed by atoms with Gasteiger partial charge in [-0.05, 0) is 80.8 Å². The van der Waals surface area contributed by atoms with E-state index in [1.807, 2.05) is 6.92 Å². The summed E-state index contributed by atoms with van der Waals surface area (Å²) >= 11 is 0. The number of aliphatic hydroxyl groups excluding tert-OH is 1. The predicted octanol–water partition coefficient (Wildman–Crippen LogP) is 2.74. The molecule has 0 amide bonds. The number of esters is 1. The summed E-state index contributed by atoms with van der Waals surface area (Å²) in [7, 11) is 0. The van der Waals surface area contributed by atoms with Crippen molar-refractivity contribution < 1.29 is 29.3 Å². The van der Waals surface area contributed by atoms with Crippen molar-refractivity contribution in [3.05, 3.63) is 11.6 Å². The summed E-state index contributed by atoms with van der Waals surface area (Å²) in [6.07, 6.45) is 3.87. The van der Waals surface area contributed by atoms with Crippen LogP contribution in [-0.2, 0) is 19.1 Å². The fourth-order valence-electron chi connectivity index (χ4n) is 8.19. The van der Waals surface area contributed by atoms with Crippen molar-refractivity contribution in [3.8, 4) is 0 Å². The number of ketones is 2. The zero-order valence-corrected chi connectivity index (χ0v) is 18.7. The third kappa shape index (κ3) is 2.65. The number of carbonyl (C=O) groups excluding carboxylic acids is 3. The lowest BCUT2D eigenvalue weighted by Gasteiger charge is -2.63.